The molecule has 0 spiro atoms. The van der Waals surface area contributed by atoms with E-state index in [0.29, 0.717) is 10.9 Å². The van der Waals surface area contributed by atoms with Gasteiger partial charge in [-0.1, -0.05) is 46.1 Å². The molecule has 5 nitrogen and oxygen atoms in total. The first-order valence-electron chi connectivity index (χ1n) is 5.56. The van der Waals surface area contributed by atoms with Crippen molar-refractivity contribution in [1.29, 1.82) is 0 Å². The molecule has 1 aromatic rings. The molecule has 1 atom stereocenters. The zero-order valence-electron chi connectivity index (χ0n) is 10.4. The quantitative estimate of drug-likeness (QED) is 0.762. The van der Waals surface area contributed by atoms with Crippen LogP contribution in [0, 0.1) is 5.92 Å². The Kier molecular flexibility index (Phi) is 6.27. The lowest BCUT2D eigenvalue weighted by Gasteiger charge is -2.13. The summed E-state index contributed by atoms with van der Waals surface area (Å²) in [6.45, 7) is 1.43. The molecule has 1 rings (SSSR count). The number of nitrogens with one attached hydrogen (secondary N) is 1. The average Bonchev–Trinajstić information content (AvgIpc) is 2.26. The van der Waals surface area contributed by atoms with Crippen molar-refractivity contribution >= 4 is 55.1 Å². The standard InChI is InChI=1S/C11H12BrCl2NO4S/c1-2-6(11(16)17)5-15-20(18,19)10-8(13)3-7(12)4-9(10)14/h3-4,6,15H,2,5H2,1H3,(H,16,17). The molecule has 2 N–H and O–H groups in total. The number of sulfonamides is 1. The second-order valence-corrected chi connectivity index (χ2v) is 7.43. The van der Waals surface area contributed by atoms with E-state index in [-0.39, 0.29) is 21.5 Å². The molecule has 0 fully saturated rings. The average molecular weight is 405 g/mol. The van der Waals surface area contributed by atoms with Gasteiger partial charge in [0.15, 0.2) is 0 Å². The fourth-order valence-electron chi connectivity index (χ4n) is 1.47. The molecule has 1 unspecified atom stereocenters. The maximum atomic E-state index is 12.1. The first-order chi connectivity index (χ1) is 9.19. The summed E-state index contributed by atoms with van der Waals surface area (Å²) in [5.41, 5.74) is 0. The Hall–Kier alpha value is -0.340. The van der Waals surface area contributed by atoms with E-state index in [1.807, 2.05) is 0 Å². The Balaban J connectivity index is 3.04. The van der Waals surface area contributed by atoms with E-state index in [9.17, 15) is 13.2 Å². The van der Waals surface area contributed by atoms with Crippen LogP contribution in [0.3, 0.4) is 0 Å². The molecule has 0 aromatic heterocycles. The lowest BCUT2D eigenvalue weighted by Crippen LogP contribution is -2.33. The van der Waals surface area contributed by atoms with Gasteiger partial charge in [0.2, 0.25) is 10.0 Å². The zero-order chi connectivity index (χ0) is 15.5. The maximum absolute atomic E-state index is 12.1. The Morgan fingerprint density at radius 3 is 2.30 bits per heavy atom. The number of hydrogen-bond donors (Lipinski definition) is 2. The Bertz CT molecular complexity index is 598. The van der Waals surface area contributed by atoms with E-state index in [1.165, 1.54) is 12.1 Å². The van der Waals surface area contributed by atoms with Crippen LogP contribution in [-0.2, 0) is 14.8 Å². The maximum Gasteiger partial charge on any atom is 0.307 e. The van der Waals surface area contributed by atoms with Crippen LogP contribution in [0.15, 0.2) is 21.5 Å². The van der Waals surface area contributed by atoms with Gasteiger partial charge >= 0.3 is 5.97 Å². The molecule has 20 heavy (non-hydrogen) atoms. The van der Waals surface area contributed by atoms with E-state index in [0.717, 1.165) is 0 Å². The molecule has 1 aromatic carbocycles. The number of hydrogen-bond acceptors (Lipinski definition) is 3. The normalized spacial score (nSPS) is 13.2. The minimum absolute atomic E-state index is 0.0414. The molecule has 0 saturated heterocycles. The summed E-state index contributed by atoms with van der Waals surface area (Å²) >= 11 is 14.9. The van der Waals surface area contributed by atoms with Crippen molar-refractivity contribution in [3.63, 3.8) is 0 Å². The Labute approximate surface area is 135 Å². The van der Waals surface area contributed by atoms with Gasteiger partial charge in [0.1, 0.15) is 4.90 Å². The van der Waals surface area contributed by atoms with E-state index in [2.05, 4.69) is 20.7 Å². The number of aliphatic carboxylic acids is 1. The third kappa shape index (κ3) is 4.33. The largest absolute Gasteiger partial charge is 0.481 e. The summed E-state index contributed by atoms with van der Waals surface area (Å²) in [5.74, 6) is -1.87. The lowest BCUT2D eigenvalue weighted by atomic mass is 10.1. The molecule has 0 bridgehead atoms. The number of halogens is 3. The number of carboxylic acid groups (broad SMARTS) is 1. The smallest absolute Gasteiger partial charge is 0.307 e. The van der Waals surface area contributed by atoms with E-state index < -0.39 is 21.9 Å². The molecular weight excluding hydrogens is 393 g/mol. The highest BCUT2D eigenvalue weighted by Gasteiger charge is 2.25. The van der Waals surface area contributed by atoms with Crippen molar-refractivity contribution in [3.05, 3.63) is 26.7 Å². The molecule has 0 amide bonds. The van der Waals surface area contributed by atoms with Crippen LogP contribution >= 0.6 is 39.1 Å². The second kappa shape index (κ2) is 7.09. The van der Waals surface area contributed by atoms with Gasteiger partial charge in [0, 0.05) is 11.0 Å². The van der Waals surface area contributed by atoms with Crippen molar-refractivity contribution in [3.8, 4) is 0 Å². The van der Waals surface area contributed by atoms with Gasteiger partial charge in [-0.25, -0.2) is 13.1 Å². The predicted molar refractivity (Wildman–Crippen MR) is 80.8 cm³/mol. The van der Waals surface area contributed by atoms with Crippen LogP contribution in [0.25, 0.3) is 0 Å². The number of carbonyl (C=O) groups is 1. The predicted octanol–water partition coefficient (Wildman–Crippen LogP) is 3.15. The molecule has 0 saturated carbocycles. The summed E-state index contributed by atoms with van der Waals surface area (Å²) in [7, 11) is -3.98. The zero-order valence-corrected chi connectivity index (χ0v) is 14.3. The van der Waals surface area contributed by atoms with Crippen LogP contribution in [0.2, 0.25) is 10.0 Å². The fourth-order valence-corrected chi connectivity index (χ4v) is 4.49. The van der Waals surface area contributed by atoms with Crippen LogP contribution < -0.4 is 4.72 Å². The second-order valence-electron chi connectivity index (χ2n) is 3.99. The van der Waals surface area contributed by atoms with Crippen LogP contribution in [0.4, 0.5) is 0 Å². The van der Waals surface area contributed by atoms with Crippen molar-refractivity contribution in [2.75, 3.05) is 6.54 Å². The highest BCUT2D eigenvalue weighted by molar-refractivity contribution is 9.10. The number of carboxylic acids is 1. The minimum atomic E-state index is -3.98. The van der Waals surface area contributed by atoms with Gasteiger partial charge in [-0.15, -0.1) is 0 Å². The van der Waals surface area contributed by atoms with Gasteiger partial charge in [0.25, 0.3) is 0 Å². The molecule has 0 radical (unpaired) electrons. The number of rotatable bonds is 6. The van der Waals surface area contributed by atoms with E-state index in [4.69, 9.17) is 28.3 Å². The Morgan fingerprint density at radius 1 is 1.40 bits per heavy atom. The van der Waals surface area contributed by atoms with Crippen LogP contribution in [0.5, 0.6) is 0 Å². The highest BCUT2D eigenvalue weighted by Crippen LogP contribution is 2.32. The summed E-state index contributed by atoms with van der Waals surface area (Å²) in [6.07, 6.45) is 0.305. The summed E-state index contributed by atoms with van der Waals surface area (Å²) in [6, 6.07) is 2.80. The molecule has 0 heterocycles. The summed E-state index contributed by atoms with van der Waals surface area (Å²) < 4.78 is 27.0. The topological polar surface area (TPSA) is 83.5 Å². The third-order valence-corrected chi connectivity index (χ3v) is 5.40. The van der Waals surface area contributed by atoms with Crippen LogP contribution in [0.1, 0.15) is 13.3 Å². The first-order valence-corrected chi connectivity index (χ1v) is 8.59. The molecule has 0 aliphatic heterocycles. The number of benzene rings is 1. The SMILES string of the molecule is CCC(CNS(=O)(=O)c1c(Cl)cc(Br)cc1Cl)C(=O)O. The third-order valence-electron chi connectivity index (χ3n) is 2.59. The molecule has 112 valence electrons. The van der Waals surface area contributed by atoms with Gasteiger partial charge in [-0.05, 0) is 18.6 Å². The fraction of sp³-hybridized carbons (Fsp3) is 0.364. The van der Waals surface area contributed by atoms with Crippen molar-refractivity contribution in [2.24, 2.45) is 5.92 Å². The first kappa shape index (κ1) is 17.7. The molecule has 9 heteroatoms. The highest BCUT2D eigenvalue weighted by atomic mass is 79.9. The molecule has 0 aliphatic rings. The van der Waals surface area contributed by atoms with Crippen molar-refractivity contribution < 1.29 is 18.3 Å². The minimum Gasteiger partial charge on any atom is -0.481 e. The van der Waals surface area contributed by atoms with Gasteiger partial charge in [-0.3, -0.25) is 4.79 Å². The Morgan fingerprint density at radius 2 is 1.90 bits per heavy atom. The van der Waals surface area contributed by atoms with E-state index in [1.54, 1.807) is 6.92 Å². The summed E-state index contributed by atoms with van der Waals surface area (Å²) in [4.78, 5) is 10.6. The van der Waals surface area contributed by atoms with Crippen LogP contribution in [-0.4, -0.2) is 26.0 Å². The monoisotopic (exact) mass is 403 g/mol. The van der Waals surface area contributed by atoms with Crippen molar-refractivity contribution in [2.45, 2.75) is 18.2 Å². The van der Waals surface area contributed by atoms with Gasteiger partial charge < -0.3 is 5.11 Å². The molecular formula is C11H12BrCl2NO4S. The van der Waals surface area contributed by atoms with Gasteiger partial charge in [-0.2, -0.15) is 0 Å². The lowest BCUT2D eigenvalue weighted by molar-refractivity contribution is -0.141. The van der Waals surface area contributed by atoms with Crippen molar-refractivity contribution in [1.82, 2.24) is 4.72 Å². The van der Waals surface area contributed by atoms with Gasteiger partial charge in [0.05, 0.1) is 16.0 Å². The van der Waals surface area contributed by atoms with E-state index >= 15 is 0 Å². The molecule has 0 aliphatic carbocycles. The summed E-state index contributed by atoms with van der Waals surface area (Å²) in [5, 5.41) is 8.81.